The molecule has 0 aliphatic carbocycles. The first-order valence-electron chi connectivity index (χ1n) is 3.82. The highest BCUT2D eigenvalue weighted by molar-refractivity contribution is 5.16. The Morgan fingerprint density at radius 3 is 2.08 bits per heavy atom. The molecule has 2 nitrogen and oxygen atoms in total. The number of quaternary nitrogens is 1. The Morgan fingerprint density at radius 1 is 1.17 bits per heavy atom. The first-order valence-corrected chi connectivity index (χ1v) is 3.82. The molecule has 0 atom stereocenters. The number of benzene rings is 1. The Kier molecular flexibility index (Phi) is 3.93. The summed E-state index contributed by atoms with van der Waals surface area (Å²) in [7, 11) is 0. The van der Waals surface area contributed by atoms with Crippen LogP contribution in [0.4, 0.5) is 0 Å². The standard InChI is InChI=1S/C10H13O.H3N/c1-10(2,11)8-9-6-4-3-5-7-9;/h3-7H,8H2,1-2H3;1H3/q-1;/p+1. The Balaban J connectivity index is 0.00000121. The molecular weight excluding hydrogens is 150 g/mol. The molecule has 0 fully saturated rings. The van der Waals surface area contributed by atoms with Gasteiger partial charge in [0.1, 0.15) is 0 Å². The molecule has 1 aromatic carbocycles. The van der Waals surface area contributed by atoms with Crippen molar-refractivity contribution in [2.45, 2.75) is 25.9 Å². The lowest BCUT2D eigenvalue weighted by atomic mass is 9.99. The summed E-state index contributed by atoms with van der Waals surface area (Å²) in [4.78, 5) is 0. The van der Waals surface area contributed by atoms with E-state index in [0.29, 0.717) is 6.42 Å². The molecule has 0 bridgehead atoms. The van der Waals surface area contributed by atoms with Gasteiger partial charge in [-0.1, -0.05) is 44.2 Å². The van der Waals surface area contributed by atoms with Crippen molar-refractivity contribution >= 4 is 0 Å². The molecule has 0 unspecified atom stereocenters. The van der Waals surface area contributed by atoms with Gasteiger partial charge in [-0.2, -0.15) is 0 Å². The fourth-order valence-electron chi connectivity index (χ4n) is 1.09. The van der Waals surface area contributed by atoms with Gasteiger partial charge in [0.25, 0.3) is 0 Å². The molecule has 1 rings (SSSR count). The summed E-state index contributed by atoms with van der Waals surface area (Å²) in [5, 5.41) is 11.3. The van der Waals surface area contributed by atoms with Crippen LogP contribution in [0, 0.1) is 0 Å². The highest BCUT2D eigenvalue weighted by Gasteiger charge is 2.01. The van der Waals surface area contributed by atoms with Gasteiger partial charge in [-0.25, -0.2) is 0 Å². The summed E-state index contributed by atoms with van der Waals surface area (Å²) in [5.74, 6) is 0. The van der Waals surface area contributed by atoms with Crippen LogP contribution in [0.3, 0.4) is 0 Å². The smallest absolute Gasteiger partial charge is 0.0381 e. The average Bonchev–Trinajstić information content (AvgIpc) is 1.85. The van der Waals surface area contributed by atoms with Gasteiger partial charge in [0.2, 0.25) is 0 Å². The van der Waals surface area contributed by atoms with Crippen LogP contribution in [0.5, 0.6) is 0 Å². The molecule has 0 aromatic heterocycles. The monoisotopic (exact) mass is 167 g/mol. The fraction of sp³-hybridized carbons (Fsp3) is 0.400. The summed E-state index contributed by atoms with van der Waals surface area (Å²) in [6, 6.07) is 9.85. The van der Waals surface area contributed by atoms with Gasteiger partial charge in [-0.05, 0) is 12.0 Å². The van der Waals surface area contributed by atoms with Crippen molar-refractivity contribution in [3.8, 4) is 0 Å². The fourth-order valence-corrected chi connectivity index (χ4v) is 1.09. The molecule has 12 heavy (non-hydrogen) atoms. The molecule has 0 aliphatic heterocycles. The van der Waals surface area contributed by atoms with E-state index < -0.39 is 5.60 Å². The summed E-state index contributed by atoms with van der Waals surface area (Å²) in [6.45, 7) is 3.42. The average molecular weight is 167 g/mol. The molecule has 1 aromatic rings. The number of rotatable bonds is 2. The SMILES string of the molecule is CC(C)([O-])Cc1ccccc1.[NH4+]. The zero-order chi connectivity index (χ0) is 8.32. The van der Waals surface area contributed by atoms with Crippen molar-refractivity contribution in [1.82, 2.24) is 6.15 Å². The van der Waals surface area contributed by atoms with E-state index in [1.165, 1.54) is 0 Å². The van der Waals surface area contributed by atoms with E-state index >= 15 is 0 Å². The predicted octanol–water partition coefficient (Wildman–Crippen LogP) is 1.74. The van der Waals surface area contributed by atoms with Gasteiger partial charge in [-0.15, -0.1) is 5.60 Å². The minimum Gasteiger partial charge on any atom is -0.850 e. The largest absolute Gasteiger partial charge is 0.850 e. The van der Waals surface area contributed by atoms with Gasteiger partial charge >= 0.3 is 0 Å². The van der Waals surface area contributed by atoms with Crippen LogP contribution in [-0.4, -0.2) is 5.60 Å². The van der Waals surface area contributed by atoms with Crippen molar-refractivity contribution < 1.29 is 5.11 Å². The van der Waals surface area contributed by atoms with Crippen LogP contribution in [0.15, 0.2) is 30.3 Å². The lowest BCUT2D eigenvalue weighted by Gasteiger charge is -2.31. The first kappa shape index (κ1) is 11.1. The number of hydrogen-bond acceptors (Lipinski definition) is 1. The maximum absolute atomic E-state index is 11.3. The molecular formula is C10H17NO. The molecule has 0 saturated carbocycles. The molecule has 0 spiro atoms. The topological polar surface area (TPSA) is 59.6 Å². The second kappa shape index (κ2) is 4.24. The summed E-state index contributed by atoms with van der Waals surface area (Å²) in [6.07, 6.45) is 0.605. The van der Waals surface area contributed by atoms with Gasteiger partial charge < -0.3 is 11.3 Å². The van der Waals surface area contributed by atoms with Gasteiger partial charge in [0, 0.05) is 0 Å². The third-order valence-electron chi connectivity index (χ3n) is 1.47. The van der Waals surface area contributed by atoms with E-state index in [4.69, 9.17) is 0 Å². The molecule has 0 radical (unpaired) electrons. The van der Waals surface area contributed by atoms with Crippen LogP contribution in [-0.2, 0) is 6.42 Å². The van der Waals surface area contributed by atoms with E-state index in [1.807, 2.05) is 30.3 Å². The van der Waals surface area contributed by atoms with Crippen molar-refractivity contribution in [1.29, 1.82) is 0 Å². The maximum Gasteiger partial charge on any atom is -0.0381 e. The second-order valence-electron chi connectivity index (χ2n) is 3.42. The van der Waals surface area contributed by atoms with Crippen LogP contribution >= 0.6 is 0 Å². The lowest BCUT2D eigenvalue weighted by molar-refractivity contribution is -0.465. The van der Waals surface area contributed by atoms with E-state index in [1.54, 1.807) is 13.8 Å². The van der Waals surface area contributed by atoms with E-state index in [0.717, 1.165) is 5.56 Å². The Labute approximate surface area is 73.8 Å². The molecule has 0 heterocycles. The highest BCUT2D eigenvalue weighted by Crippen LogP contribution is 2.08. The van der Waals surface area contributed by atoms with Crippen LogP contribution in [0.1, 0.15) is 19.4 Å². The second-order valence-corrected chi connectivity index (χ2v) is 3.42. The van der Waals surface area contributed by atoms with E-state index in [9.17, 15) is 5.11 Å². The van der Waals surface area contributed by atoms with Crippen molar-refractivity contribution in [3.63, 3.8) is 0 Å². The zero-order valence-electron chi connectivity index (χ0n) is 8.00. The predicted molar refractivity (Wildman–Crippen MR) is 50.2 cm³/mol. The van der Waals surface area contributed by atoms with Crippen molar-refractivity contribution in [2.75, 3.05) is 0 Å². The lowest BCUT2D eigenvalue weighted by Crippen LogP contribution is -2.38. The van der Waals surface area contributed by atoms with Crippen molar-refractivity contribution in [2.24, 2.45) is 0 Å². The highest BCUT2D eigenvalue weighted by atomic mass is 16.3. The van der Waals surface area contributed by atoms with Crippen molar-refractivity contribution in [3.05, 3.63) is 35.9 Å². The molecule has 0 amide bonds. The summed E-state index contributed by atoms with van der Waals surface area (Å²) in [5.41, 5.74) is 0.272. The Hall–Kier alpha value is -0.860. The Bertz CT molecular complexity index is 213. The van der Waals surface area contributed by atoms with Gasteiger partial charge in [-0.3, -0.25) is 0 Å². The van der Waals surface area contributed by atoms with Crippen LogP contribution in [0.2, 0.25) is 0 Å². The van der Waals surface area contributed by atoms with E-state index in [-0.39, 0.29) is 6.15 Å². The van der Waals surface area contributed by atoms with Gasteiger partial charge in [0.05, 0.1) is 0 Å². The Morgan fingerprint density at radius 2 is 1.67 bits per heavy atom. The molecule has 68 valence electrons. The molecule has 2 heteroatoms. The third-order valence-corrected chi connectivity index (χ3v) is 1.47. The van der Waals surface area contributed by atoms with Crippen LogP contribution in [0.25, 0.3) is 0 Å². The zero-order valence-corrected chi connectivity index (χ0v) is 8.00. The van der Waals surface area contributed by atoms with E-state index in [2.05, 4.69) is 0 Å². The summed E-state index contributed by atoms with van der Waals surface area (Å²) < 4.78 is 0. The summed E-state index contributed by atoms with van der Waals surface area (Å²) >= 11 is 0. The molecule has 0 saturated heterocycles. The minimum atomic E-state index is -0.846. The minimum absolute atomic E-state index is 0. The van der Waals surface area contributed by atoms with Gasteiger partial charge in [0.15, 0.2) is 0 Å². The maximum atomic E-state index is 11.3. The quantitative estimate of drug-likeness (QED) is 0.716. The number of hydrogen-bond donors (Lipinski definition) is 1. The normalized spacial score (nSPS) is 10.6. The van der Waals surface area contributed by atoms with Crippen LogP contribution < -0.4 is 11.3 Å². The molecule has 0 aliphatic rings. The third kappa shape index (κ3) is 4.11. The first-order chi connectivity index (χ1) is 5.08. The molecule has 4 N–H and O–H groups in total.